The molecule has 0 aliphatic rings. The van der Waals surface area contributed by atoms with Crippen molar-refractivity contribution in [1.82, 2.24) is 5.32 Å². The summed E-state index contributed by atoms with van der Waals surface area (Å²) in [4.78, 5) is 12.2. The molecule has 0 saturated carbocycles. The molecule has 6 nitrogen and oxygen atoms in total. The van der Waals surface area contributed by atoms with Gasteiger partial charge in [0.1, 0.15) is 0 Å². The van der Waals surface area contributed by atoms with Gasteiger partial charge in [-0.05, 0) is 30.7 Å². The van der Waals surface area contributed by atoms with Crippen molar-refractivity contribution in [3.05, 3.63) is 47.0 Å². The number of methoxy groups -OCH3 is 3. The van der Waals surface area contributed by atoms with Crippen molar-refractivity contribution >= 4 is 23.2 Å². The molecule has 0 fully saturated rings. The second-order valence-corrected chi connectivity index (χ2v) is 6.28. The number of rotatable bonds is 10. The second kappa shape index (κ2) is 10.6. The third-order valence-electron chi connectivity index (χ3n) is 3.98. The van der Waals surface area contributed by atoms with Crippen LogP contribution in [0.25, 0.3) is 0 Å². The molecule has 0 radical (unpaired) electrons. The van der Waals surface area contributed by atoms with E-state index in [1.54, 1.807) is 12.1 Å². The van der Waals surface area contributed by atoms with E-state index in [1.165, 1.54) is 26.9 Å². The van der Waals surface area contributed by atoms with Crippen molar-refractivity contribution in [2.24, 2.45) is 0 Å². The molecule has 27 heavy (non-hydrogen) atoms. The Morgan fingerprint density at radius 3 is 2.15 bits per heavy atom. The van der Waals surface area contributed by atoms with Crippen LogP contribution in [0.3, 0.4) is 0 Å². The zero-order valence-electron chi connectivity index (χ0n) is 15.8. The molecule has 0 aliphatic heterocycles. The topological polar surface area (TPSA) is 68.8 Å². The first kappa shape index (κ1) is 20.9. The molecule has 2 aromatic rings. The van der Waals surface area contributed by atoms with Crippen LogP contribution in [0.4, 0.5) is 5.69 Å². The summed E-state index contributed by atoms with van der Waals surface area (Å²) in [6, 6.07) is 11.2. The number of hydrogen-bond acceptors (Lipinski definition) is 5. The number of halogens is 1. The van der Waals surface area contributed by atoms with Crippen molar-refractivity contribution in [1.29, 1.82) is 0 Å². The molecule has 0 bridgehead atoms. The smallest absolute Gasteiger partial charge is 0.225 e. The Morgan fingerprint density at radius 1 is 0.963 bits per heavy atom. The molecule has 0 unspecified atom stereocenters. The molecule has 2 aromatic carbocycles. The quantitative estimate of drug-likeness (QED) is 0.605. The average molecular weight is 393 g/mol. The molecular weight excluding hydrogens is 368 g/mol. The van der Waals surface area contributed by atoms with Gasteiger partial charge >= 0.3 is 0 Å². The summed E-state index contributed by atoms with van der Waals surface area (Å²) < 4.78 is 15.8. The predicted molar refractivity (Wildman–Crippen MR) is 107 cm³/mol. The zero-order chi connectivity index (χ0) is 19.6. The lowest BCUT2D eigenvalue weighted by Crippen LogP contribution is -2.23. The summed E-state index contributed by atoms with van der Waals surface area (Å²) in [6.07, 6.45) is 1.24. The number of anilines is 1. The summed E-state index contributed by atoms with van der Waals surface area (Å²) in [5.41, 5.74) is 1.80. The number of hydrogen-bond donors (Lipinski definition) is 2. The van der Waals surface area contributed by atoms with Crippen molar-refractivity contribution in [3.63, 3.8) is 0 Å². The lowest BCUT2D eigenvalue weighted by atomic mass is 10.1. The Hall–Kier alpha value is -2.44. The maximum Gasteiger partial charge on any atom is 0.225 e. The van der Waals surface area contributed by atoms with E-state index in [0.29, 0.717) is 35.9 Å². The van der Waals surface area contributed by atoms with Gasteiger partial charge in [0, 0.05) is 35.8 Å². The summed E-state index contributed by atoms with van der Waals surface area (Å²) in [6.45, 7) is 1.38. The molecule has 2 rings (SSSR count). The monoisotopic (exact) mass is 392 g/mol. The molecule has 0 spiro atoms. The van der Waals surface area contributed by atoms with Crippen molar-refractivity contribution in [3.8, 4) is 17.2 Å². The van der Waals surface area contributed by atoms with Crippen molar-refractivity contribution < 1.29 is 19.0 Å². The Labute approximate surface area is 164 Å². The molecule has 0 atom stereocenters. The molecule has 0 heterocycles. The van der Waals surface area contributed by atoms with E-state index < -0.39 is 0 Å². The van der Waals surface area contributed by atoms with Crippen molar-refractivity contribution in [2.75, 3.05) is 39.7 Å². The van der Waals surface area contributed by atoms with Crippen LogP contribution in [0.5, 0.6) is 17.2 Å². The van der Waals surface area contributed by atoms with E-state index in [2.05, 4.69) is 10.6 Å². The molecule has 146 valence electrons. The highest BCUT2D eigenvalue weighted by atomic mass is 35.5. The molecule has 0 aromatic heterocycles. The van der Waals surface area contributed by atoms with Crippen LogP contribution in [0.1, 0.15) is 12.0 Å². The average Bonchev–Trinajstić information content (AvgIpc) is 2.68. The van der Waals surface area contributed by atoms with Gasteiger partial charge in [0.25, 0.3) is 0 Å². The summed E-state index contributed by atoms with van der Waals surface area (Å²) in [5, 5.41) is 6.85. The van der Waals surface area contributed by atoms with E-state index in [0.717, 1.165) is 18.0 Å². The number of amides is 1. The van der Waals surface area contributed by atoms with Crippen LogP contribution in [0.2, 0.25) is 5.02 Å². The van der Waals surface area contributed by atoms with Gasteiger partial charge in [0.15, 0.2) is 11.5 Å². The van der Waals surface area contributed by atoms with Crippen LogP contribution in [0.15, 0.2) is 36.4 Å². The molecular formula is C20H25ClN2O4. The third kappa shape index (κ3) is 6.34. The standard InChI is InChI=1S/C20H25ClN2O4/c1-25-17-12-16(13-18(26-2)20(17)27-3)23-19(24)9-11-22-10-8-14-4-6-15(21)7-5-14/h4-7,12-13,22H,8-11H2,1-3H3,(H,23,24). The first-order valence-electron chi connectivity index (χ1n) is 8.62. The Bertz CT molecular complexity index is 725. The SMILES string of the molecule is COc1cc(NC(=O)CCNCCc2ccc(Cl)cc2)cc(OC)c1OC. The first-order valence-corrected chi connectivity index (χ1v) is 9.00. The summed E-state index contributed by atoms with van der Waals surface area (Å²) in [7, 11) is 4.61. The highest BCUT2D eigenvalue weighted by Gasteiger charge is 2.14. The van der Waals surface area contributed by atoms with Crippen LogP contribution in [-0.2, 0) is 11.2 Å². The van der Waals surface area contributed by atoms with Gasteiger partial charge < -0.3 is 24.8 Å². The Kier molecular flexibility index (Phi) is 8.23. The van der Waals surface area contributed by atoms with E-state index in [9.17, 15) is 4.79 Å². The van der Waals surface area contributed by atoms with E-state index in [-0.39, 0.29) is 5.91 Å². The maximum atomic E-state index is 12.2. The van der Waals surface area contributed by atoms with Gasteiger partial charge in [0.2, 0.25) is 11.7 Å². The van der Waals surface area contributed by atoms with E-state index >= 15 is 0 Å². The van der Waals surface area contributed by atoms with Gasteiger partial charge in [-0.3, -0.25) is 4.79 Å². The number of benzene rings is 2. The van der Waals surface area contributed by atoms with Gasteiger partial charge in [-0.25, -0.2) is 0 Å². The van der Waals surface area contributed by atoms with E-state index in [4.69, 9.17) is 25.8 Å². The fourth-order valence-corrected chi connectivity index (χ4v) is 2.71. The first-order chi connectivity index (χ1) is 13.1. The zero-order valence-corrected chi connectivity index (χ0v) is 16.6. The third-order valence-corrected chi connectivity index (χ3v) is 4.23. The number of nitrogens with one attached hydrogen (secondary N) is 2. The minimum absolute atomic E-state index is 0.0942. The minimum Gasteiger partial charge on any atom is -0.493 e. The predicted octanol–water partition coefficient (Wildman–Crippen LogP) is 3.53. The highest BCUT2D eigenvalue weighted by Crippen LogP contribution is 2.39. The largest absolute Gasteiger partial charge is 0.493 e. The fraction of sp³-hybridized carbons (Fsp3) is 0.350. The van der Waals surface area contributed by atoms with Crippen LogP contribution in [-0.4, -0.2) is 40.3 Å². The van der Waals surface area contributed by atoms with Crippen LogP contribution < -0.4 is 24.8 Å². The fourth-order valence-electron chi connectivity index (χ4n) is 2.59. The lowest BCUT2D eigenvalue weighted by molar-refractivity contribution is -0.116. The van der Waals surface area contributed by atoms with E-state index in [1.807, 2.05) is 24.3 Å². The minimum atomic E-state index is -0.0942. The highest BCUT2D eigenvalue weighted by molar-refractivity contribution is 6.30. The summed E-state index contributed by atoms with van der Waals surface area (Å²) >= 11 is 5.87. The number of carbonyl (C=O) groups is 1. The normalized spacial score (nSPS) is 10.4. The Morgan fingerprint density at radius 2 is 1.59 bits per heavy atom. The Balaban J connectivity index is 1.79. The second-order valence-electron chi connectivity index (χ2n) is 5.84. The molecule has 2 N–H and O–H groups in total. The van der Waals surface area contributed by atoms with Gasteiger partial charge in [-0.1, -0.05) is 23.7 Å². The molecule has 1 amide bonds. The van der Waals surface area contributed by atoms with Crippen molar-refractivity contribution in [2.45, 2.75) is 12.8 Å². The molecule has 7 heteroatoms. The van der Waals surface area contributed by atoms with Crippen LogP contribution >= 0.6 is 11.6 Å². The van der Waals surface area contributed by atoms with Gasteiger partial charge in [-0.15, -0.1) is 0 Å². The molecule has 0 aliphatic carbocycles. The lowest BCUT2D eigenvalue weighted by Gasteiger charge is -2.14. The number of ether oxygens (including phenoxy) is 3. The van der Waals surface area contributed by atoms with Crippen LogP contribution in [0, 0.1) is 0 Å². The van der Waals surface area contributed by atoms with Gasteiger partial charge in [0.05, 0.1) is 21.3 Å². The molecule has 0 saturated heterocycles. The van der Waals surface area contributed by atoms with Gasteiger partial charge in [-0.2, -0.15) is 0 Å². The number of carbonyl (C=O) groups excluding carboxylic acids is 1. The maximum absolute atomic E-state index is 12.2. The summed E-state index contributed by atoms with van der Waals surface area (Å²) in [5.74, 6) is 1.38.